The van der Waals surface area contributed by atoms with Crippen molar-refractivity contribution in [3.05, 3.63) is 78.4 Å². The van der Waals surface area contributed by atoms with Gasteiger partial charge in [-0.05, 0) is 117 Å². The van der Waals surface area contributed by atoms with E-state index in [1.165, 1.54) is 24.8 Å². The van der Waals surface area contributed by atoms with E-state index >= 15 is 0 Å². The maximum atomic E-state index is 13.4. The minimum atomic E-state index is -0.152. The molecule has 0 unspecified atom stereocenters. The highest BCUT2D eigenvalue weighted by Gasteiger charge is 2.54. The molecule has 5 saturated carbocycles. The van der Waals surface area contributed by atoms with Crippen LogP contribution in [0.5, 0.6) is 0 Å². The van der Waals surface area contributed by atoms with Crippen LogP contribution in [0.1, 0.15) is 56.4 Å². The van der Waals surface area contributed by atoms with Crippen LogP contribution in [0.25, 0.3) is 22.4 Å². The molecule has 202 valence electrons. The van der Waals surface area contributed by atoms with Crippen LogP contribution in [0.2, 0.25) is 0 Å². The predicted octanol–water partition coefficient (Wildman–Crippen LogP) is 7.13. The van der Waals surface area contributed by atoms with Crippen molar-refractivity contribution < 1.29 is 9.59 Å². The van der Waals surface area contributed by atoms with E-state index in [4.69, 9.17) is 4.98 Å². The minimum absolute atomic E-state index is 0.0253. The molecular formula is C34H34N4O2. The summed E-state index contributed by atoms with van der Waals surface area (Å²) in [5, 5.41) is 6.34. The number of hydrogen-bond acceptors (Lipinski definition) is 3. The summed E-state index contributed by atoms with van der Waals surface area (Å²) in [6.07, 6.45) is 8.10. The molecule has 0 aliphatic heterocycles. The smallest absolute Gasteiger partial charge is 0.230 e. The van der Waals surface area contributed by atoms with Gasteiger partial charge in [0.25, 0.3) is 0 Å². The maximum absolute atomic E-state index is 13.4. The number of benzene rings is 3. The molecule has 5 aliphatic carbocycles. The van der Waals surface area contributed by atoms with Crippen molar-refractivity contribution in [3.8, 4) is 11.4 Å². The van der Waals surface area contributed by atoms with E-state index in [0.29, 0.717) is 5.92 Å². The number of amides is 2. The molecule has 2 amide bonds. The van der Waals surface area contributed by atoms with Gasteiger partial charge in [0.05, 0.1) is 16.4 Å². The lowest BCUT2D eigenvalue weighted by atomic mass is 9.49. The number of carbonyl (C=O) groups is 2. The average Bonchev–Trinajstić information content (AvgIpc) is 3.65. The number of anilines is 2. The number of hydrogen-bond donors (Lipinski definition) is 3. The largest absolute Gasteiger partial charge is 0.338 e. The summed E-state index contributed by atoms with van der Waals surface area (Å²) in [6.45, 7) is 0. The number of fused-ring (bicyclic) bond motifs is 1. The molecule has 4 aromatic rings. The Morgan fingerprint density at radius 3 is 2.15 bits per heavy atom. The highest BCUT2D eigenvalue weighted by molar-refractivity contribution is 5.97. The molecule has 0 spiro atoms. The number of nitrogens with zero attached hydrogens (tertiary/aromatic N) is 1. The fourth-order valence-electron chi connectivity index (χ4n) is 8.38. The van der Waals surface area contributed by atoms with Gasteiger partial charge in [0.2, 0.25) is 11.8 Å². The normalized spacial score (nSPS) is 29.9. The van der Waals surface area contributed by atoms with Crippen LogP contribution < -0.4 is 10.6 Å². The number of aromatic nitrogens is 2. The van der Waals surface area contributed by atoms with Gasteiger partial charge in [0.1, 0.15) is 5.82 Å². The third-order valence-electron chi connectivity index (χ3n) is 10.0. The molecule has 6 heteroatoms. The highest BCUT2D eigenvalue weighted by atomic mass is 16.2. The Balaban J connectivity index is 0.936. The summed E-state index contributed by atoms with van der Waals surface area (Å²) in [7, 11) is 0. The van der Waals surface area contributed by atoms with E-state index in [-0.39, 0.29) is 23.1 Å². The quantitative estimate of drug-likeness (QED) is 0.248. The Morgan fingerprint density at radius 2 is 1.45 bits per heavy atom. The lowest BCUT2D eigenvalue weighted by Gasteiger charge is -2.55. The molecule has 9 rings (SSSR count). The van der Waals surface area contributed by atoms with E-state index in [2.05, 4.69) is 27.8 Å². The summed E-state index contributed by atoms with van der Waals surface area (Å²) in [4.78, 5) is 34.4. The SMILES string of the molecule is O=C(Nc1ccc2nc(-c3ccc(NC(=O)C45CC6CC(CC(C6)C4)C5)cc3)[nH]c2c1)[C@@H]1C[C@H]1c1ccccc1. The van der Waals surface area contributed by atoms with Crippen LogP contribution in [0.15, 0.2) is 72.8 Å². The molecule has 3 N–H and O–H groups in total. The van der Waals surface area contributed by atoms with E-state index in [9.17, 15) is 9.59 Å². The predicted molar refractivity (Wildman–Crippen MR) is 157 cm³/mol. The third-order valence-corrected chi connectivity index (χ3v) is 10.0. The standard InChI is InChI=1S/C34H34N4O2/c39-32(28-16-27(28)23-4-2-1-3-5-23)35-26-10-11-29-30(15-26)38-31(37-29)24-6-8-25(9-7-24)36-33(40)34-17-20-12-21(18-34)14-22(13-20)19-34/h1-11,15,20-22,27-28H,12-14,16-19H2,(H,35,39)(H,36,40)(H,37,38)/t20?,21?,22?,27-,28+,34?/m0/s1. The van der Waals surface area contributed by atoms with E-state index in [1.54, 1.807) is 0 Å². The second-order valence-electron chi connectivity index (χ2n) is 12.9. The van der Waals surface area contributed by atoms with Gasteiger partial charge in [-0.2, -0.15) is 0 Å². The van der Waals surface area contributed by atoms with Gasteiger partial charge >= 0.3 is 0 Å². The van der Waals surface area contributed by atoms with Crippen LogP contribution >= 0.6 is 0 Å². The number of carbonyl (C=O) groups excluding carboxylic acids is 2. The number of H-pyrrole nitrogens is 1. The van der Waals surface area contributed by atoms with Crippen LogP contribution in [-0.4, -0.2) is 21.8 Å². The first kappa shape index (κ1) is 23.9. The fourth-order valence-corrected chi connectivity index (χ4v) is 8.38. The van der Waals surface area contributed by atoms with E-state index in [1.807, 2.05) is 60.7 Å². The zero-order valence-electron chi connectivity index (χ0n) is 22.5. The molecule has 5 aliphatic rings. The van der Waals surface area contributed by atoms with Gasteiger partial charge in [-0.15, -0.1) is 0 Å². The van der Waals surface area contributed by atoms with Crippen molar-refractivity contribution in [2.24, 2.45) is 29.1 Å². The van der Waals surface area contributed by atoms with Crippen LogP contribution in [0.3, 0.4) is 0 Å². The molecule has 1 aromatic heterocycles. The topological polar surface area (TPSA) is 86.9 Å². The van der Waals surface area contributed by atoms with Crippen molar-refractivity contribution in [2.75, 3.05) is 10.6 Å². The lowest BCUT2D eigenvalue weighted by Crippen LogP contribution is -2.51. The Morgan fingerprint density at radius 1 is 0.775 bits per heavy atom. The second kappa shape index (κ2) is 9.05. The molecule has 40 heavy (non-hydrogen) atoms. The minimum Gasteiger partial charge on any atom is -0.338 e. The first-order valence-corrected chi connectivity index (χ1v) is 14.8. The number of nitrogens with one attached hydrogen (secondary N) is 3. The van der Waals surface area contributed by atoms with Gasteiger partial charge in [0, 0.05) is 22.9 Å². The van der Waals surface area contributed by atoms with Gasteiger partial charge in [-0.25, -0.2) is 4.98 Å². The summed E-state index contributed by atoms with van der Waals surface area (Å²) in [5.41, 5.74) is 5.38. The Kier molecular flexibility index (Phi) is 5.41. The summed E-state index contributed by atoms with van der Waals surface area (Å²) < 4.78 is 0. The second-order valence-corrected chi connectivity index (χ2v) is 12.9. The first-order chi connectivity index (χ1) is 19.5. The maximum Gasteiger partial charge on any atom is 0.230 e. The Bertz CT molecular complexity index is 1570. The average molecular weight is 531 g/mol. The molecule has 1 heterocycles. The van der Waals surface area contributed by atoms with Crippen LogP contribution in [-0.2, 0) is 9.59 Å². The van der Waals surface area contributed by atoms with Gasteiger partial charge in [-0.1, -0.05) is 30.3 Å². The number of rotatable bonds is 6. The summed E-state index contributed by atoms with van der Waals surface area (Å²) >= 11 is 0. The molecule has 2 atom stereocenters. The highest BCUT2D eigenvalue weighted by Crippen LogP contribution is 2.60. The lowest BCUT2D eigenvalue weighted by molar-refractivity contribution is -0.140. The molecule has 3 aromatic carbocycles. The number of imidazole rings is 1. The van der Waals surface area contributed by atoms with Gasteiger partial charge < -0.3 is 15.6 Å². The fraction of sp³-hybridized carbons (Fsp3) is 0.382. The molecule has 6 nitrogen and oxygen atoms in total. The van der Waals surface area contributed by atoms with E-state index in [0.717, 1.165) is 77.2 Å². The van der Waals surface area contributed by atoms with Crippen LogP contribution in [0, 0.1) is 29.1 Å². The summed E-state index contributed by atoms with van der Waals surface area (Å²) in [5.74, 6) is 3.65. The third kappa shape index (κ3) is 4.21. The Labute approximate surface area is 234 Å². The van der Waals surface area contributed by atoms with Crippen molar-refractivity contribution in [1.82, 2.24) is 9.97 Å². The molecule has 5 fully saturated rings. The monoisotopic (exact) mass is 530 g/mol. The zero-order chi connectivity index (χ0) is 26.8. The number of aromatic amines is 1. The van der Waals surface area contributed by atoms with Crippen molar-refractivity contribution >= 4 is 34.2 Å². The van der Waals surface area contributed by atoms with Crippen molar-refractivity contribution in [1.29, 1.82) is 0 Å². The zero-order valence-corrected chi connectivity index (χ0v) is 22.5. The Hall–Kier alpha value is -3.93. The van der Waals surface area contributed by atoms with Gasteiger partial charge in [0.15, 0.2) is 0 Å². The summed E-state index contributed by atoms with van der Waals surface area (Å²) in [6, 6.07) is 24.0. The van der Waals surface area contributed by atoms with Crippen molar-refractivity contribution in [2.45, 2.75) is 50.9 Å². The van der Waals surface area contributed by atoms with Crippen LogP contribution in [0.4, 0.5) is 11.4 Å². The van der Waals surface area contributed by atoms with Crippen molar-refractivity contribution in [3.63, 3.8) is 0 Å². The molecule has 0 saturated heterocycles. The van der Waals surface area contributed by atoms with E-state index < -0.39 is 0 Å². The van der Waals surface area contributed by atoms with Gasteiger partial charge in [-0.3, -0.25) is 9.59 Å². The molecule has 0 radical (unpaired) electrons. The first-order valence-electron chi connectivity index (χ1n) is 14.8. The molecular weight excluding hydrogens is 496 g/mol. The molecule has 4 bridgehead atoms.